The molecule has 0 N–H and O–H groups in total. The van der Waals surface area contributed by atoms with Crippen LogP contribution >= 0.6 is 11.6 Å². The molecule has 2 rings (SSSR count). The van der Waals surface area contributed by atoms with Crippen LogP contribution in [-0.4, -0.2) is 0 Å². The Labute approximate surface area is 101 Å². The Balaban J connectivity index is 2.34. The van der Waals surface area contributed by atoms with Gasteiger partial charge < -0.3 is 0 Å². The van der Waals surface area contributed by atoms with Gasteiger partial charge in [0.15, 0.2) is 0 Å². The van der Waals surface area contributed by atoms with E-state index < -0.39 is 0 Å². The van der Waals surface area contributed by atoms with Gasteiger partial charge in [-0.2, -0.15) is 0 Å². The van der Waals surface area contributed by atoms with Gasteiger partial charge in [0.2, 0.25) is 0 Å². The van der Waals surface area contributed by atoms with E-state index in [-0.39, 0.29) is 0 Å². The molecule has 0 aliphatic rings. The molecule has 2 aromatic carbocycles. The van der Waals surface area contributed by atoms with Crippen molar-refractivity contribution < 1.29 is 0 Å². The fraction of sp³-hybridized carbons (Fsp3) is 0.0667. The van der Waals surface area contributed by atoms with Crippen molar-refractivity contribution in [3.63, 3.8) is 0 Å². The van der Waals surface area contributed by atoms with Crippen molar-refractivity contribution in [2.75, 3.05) is 0 Å². The summed E-state index contributed by atoms with van der Waals surface area (Å²) in [6.07, 6.45) is 2.73. The summed E-state index contributed by atoms with van der Waals surface area (Å²) in [5.41, 5.74) is 3.58. The molecule has 0 fully saturated rings. The lowest BCUT2D eigenvalue weighted by molar-refractivity contribution is 1.19. The van der Waals surface area contributed by atoms with E-state index in [1.54, 1.807) is 0 Å². The van der Waals surface area contributed by atoms with Gasteiger partial charge in [-0.3, -0.25) is 0 Å². The second kappa shape index (κ2) is 5.00. The standard InChI is InChI=1S/C15H13Cl/c1-2-12-7-3-4-8-13(12)11-14-9-5-6-10-15(14)16/h2-10H,1,11H2. The van der Waals surface area contributed by atoms with E-state index in [2.05, 4.69) is 24.8 Å². The first kappa shape index (κ1) is 11.0. The lowest BCUT2D eigenvalue weighted by Crippen LogP contribution is -1.92. The largest absolute Gasteiger partial charge is 0.0985 e. The van der Waals surface area contributed by atoms with Gasteiger partial charge in [0.25, 0.3) is 0 Å². The summed E-state index contributed by atoms with van der Waals surface area (Å²) in [4.78, 5) is 0. The molecule has 0 atom stereocenters. The number of rotatable bonds is 3. The molecule has 0 aromatic heterocycles. The van der Waals surface area contributed by atoms with E-state index in [1.165, 1.54) is 11.1 Å². The van der Waals surface area contributed by atoms with E-state index in [0.29, 0.717) is 0 Å². The number of hydrogen-bond acceptors (Lipinski definition) is 0. The molecule has 0 unspecified atom stereocenters. The molecule has 0 spiro atoms. The van der Waals surface area contributed by atoms with Crippen molar-refractivity contribution in [3.8, 4) is 0 Å². The third-order valence-electron chi connectivity index (χ3n) is 2.61. The first-order chi connectivity index (χ1) is 7.81. The minimum Gasteiger partial charge on any atom is -0.0985 e. The van der Waals surface area contributed by atoms with Crippen LogP contribution in [0.5, 0.6) is 0 Å². The van der Waals surface area contributed by atoms with Gasteiger partial charge in [0.1, 0.15) is 0 Å². The molecule has 0 heterocycles. The molecule has 0 saturated carbocycles. The van der Waals surface area contributed by atoms with E-state index >= 15 is 0 Å². The van der Waals surface area contributed by atoms with Gasteiger partial charge in [-0.05, 0) is 29.2 Å². The average Bonchev–Trinajstić information content (AvgIpc) is 2.33. The second-order valence-electron chi connectivity index (χ2n) is 3.67. The smallest absolute Gasteiger partial charge is 0.0441 e. The van der Waals surface area contributed by atoms with Crippen molar-refractivity contribution in [1.82, 2.24) is 0 Å². The molecule has 16 heavy (non-hydrogen) atoms. The highest BCUT2D eigenvalue weighted by molar-refractivity contribution is 6.31. The molecule has 0 aliphatic heterocycles. The summed E-state index contributed by atoms with van der Waals surface area (Å²) in [6, 6.07) is 16.2. The SMILES string of the molecule is C=Cc1ccccc1Cc1ccccc1Cl. The van der Waals surface area contributed by atoms with E-state index in [9.17, 15) is 0 Å². The first-order valence-electron chi connectivity index (χ1n) is 5.25. The second-order valence-corrected chi connectivity index (χ2v) is 4.08. The van der Waals surface area contributed by atoms with Crippen LogP contribution in [0.15, 0.2) is 55.1 Å². The van der Waals surface area contributed by atoms with Crippen LogP contribution in [0.25, 0.3) is 6.08 Å². The molecular formula is C15H13Cl. The number of hydrogen-bond donors (Lipinski definition) is 0. The lowest BCUT2D eigenvalue weighted by atomic mass is 10.00. The Morgan fingerprint density at radius 2 is 1.56 bits per heavy atom. The third-order valence-corrected chi connectivity index (χ3v) is 2.98. The van der Waals surface area contributed by atoms with Crippen LogP contribution < -0.4 is 0 Å². The predicted molar refractivity (Wildman–Crippen MR) is 70.8 cm³/mol. The number of halogens is 1. The lowest BCUT2D eigenvalue weighted by Gasteiger charge is -2.07. The molecular weight excluding hydrogens is 216 g/mol. The van der Waals surface area contributed by atoms with E-state index in [1.807, 2.05) is 36.4 Å². The van der Waals surface area contributed by atoms with Crippen molar-refractivity contribution in [3.05, 3.63) is 76.8 Å². The summed E-state index contributed by atoms with van der Waals surface area (Å²) in [5, 5.41) is 0.821. The van der Waals surface area contributed by atoms with Crippen LogP contribution in [0.3, 0.4) is 0 Å². The maximum Gasteiger partial charge on any atom is 0.0441 e. The summed E-state index contributed by atoms with van der Waals surface area (Å²) in [7, 11) is 0. The molecule has 0 nitrogen and oxygen atoms in total. The van der Waals surface area contributed by atoms with Gasteiger partial charge in [-0.25, -0.2) is 0 Å². The summed E-state index contributed by atoms with van der Waals surface area (Å²) in [6.45, 7) is 3.82. The predicted octanol–water partition coefficient (Wildman–Crippen LogP) is 4.57. The minimum absolute atomic E-state index is 0.821. The van der Waals surface area contributed by atoms with Crippen LogP contribution in [0, 0.1) is 0 Å². The molecule has 1 heteroatoms. The first-order valence-corrected chi connectivity index (χ1v) is 5.63. The molecule has 0 amide bonds. The molecule has 0 radical (unpaired) electrons. The molecule has 2 aromatic rings. The Morgan fingerprint density at radius 1 is 0.938 bits per heavy atom. The van der Waals surface area contributed by atoms with E-state index in [4.69, 9.17) is 11.6 Å². The fourth-order valence-corrected chi connectivity index (χ4v) is 1.94. The van der Waals surface area contributed by atoms with Crippen LogP contribution in [-0.2, 0) is 6.42 Å². The van der Waals surface area contributed by atoms with Gasteiger partial charge >= 0.3 is 0 Å². The van der Waals surface area contributed by atoms with Crippen molar-refractivity contribution in [1.29, 1.82) is 0 Å². The Bertz CT molecular complexity index is 500. The topological polar surface area (TPSA) is 0 Å². The Hall–Kier alpha value is -1.53. The summed E-state index contributed by atoms with van der Waals surface area (Å²) < 4.78 is 0. The van der Waals surface area contributed by atoms with Crippen molar-refractivity contribution in [2.45, 2.75) is 6.42 Å². The van der Waals surface area contributed by atoms with Crippen LogP contribution in [0.2, 0.25) is 5.02 Å². The zero-order valence-electron chi connectivity index (χ0n) is 8.99. The highest BCUT2D eigenvalue weighted by Gasteiger charge is 2.03. The van der Waals surface area contributed by atoms with Gasteiger partial charge in [-0.15, -0.1) is 0 Å². The van der Waals surface area contributed by atoms with Crippen molar-refractivity contribution in [2.24, 2.45) is 0 Å². The van der Waals surface area contributed by atoms with Gasteiger partial charge in [0.05, 0.1) is 0 Å². The highest BCUT2D eigenvalue weighted by Crippen LogP contribution is 2.21. The third kappa shape index (κ3) is 2.34. The van der Waals surface area contributed by atoms with Gasteiger partial charge in [0, 0.05) is 5.02 Å². The zero-order valence-corrected chi connectivity index (χ0v) is 9.74. The van der Waals surface area contributed by atoms with Crippen LogP contribution in [0.1, 0.15) is 16.7 Å². The normalized spacial score (nSPS) is 10.1. The van der Waals surface area contributed by atoms with Crippen LogP contribution in [0.4, 0.5) is 0 Å². The Kier molecular flexibility index (Phi) is 3.43. The summed E-state index contributed by atoms with van der Waals surface area (Å²) >= 11 is 6.14. The van der Waals surface area contributed by atoms with E-state index in [0.717, 1.165) is 17.0 Å². The molecule has 0 bridgehead atoms. The Morgan fingerprint density at radius 3 is 2.25 bits per heavy atom. The van der Waals surface area contributed by atoms with Gasteiger partial charge in [-0.1, -0.05) is 66.7 Å². The zero-order chi connectivity index (χ0) is 11.4. The summed E-state index contributed by atoms with van der Waals surface area (Å²) in [5.74, 6) is 0. The maximum atomic E-state index is 6.14. The monoisotopic (exact) mass is 228 g/mol. The quantitative estimate of drug-likeness (QED) is 0.722. The maximum absolute atomic E-state index is 6.14. The minimum atomic E-state index is 0.821. The molecule has 0 aliphatic carbocycles. The molecule has 80 valence electrons. The average molecular weight is 229 g/mol. The highest BCUT2D eigenvalue weighted by atomic mass is 35.5. The fourth-order valence-electron chi connectivity index (χ4n) is 1.74. The number of benzene rings is 2. The van der Waals surface area contributed by atoms with Crippen molar-refractivity contribution >= 4 is 17.7 Å². The molecule has 0 saturated heterocycles.